The van der Waals surface area contributed by atoms with Gasteiger partial charge >= 0.3 is 5.97 Å². The van der Waals surface area contributed by atoms with Gasteiger partial charge in [0.2, 0.25) is 5.91 Å². The number of aliphatic carboxylic acids is 1. The van der Waals surface area contributed by atoms with Crippen LogP contribution in [0.3, 0.4) is 0 Å². The van der Waals surface area contributed by atoms with Crippen LogP contribution in [-0.2, 0) is 9.59 Å². The third-order valence-corrected chi connectivity index (χ3v) is 4.05. The van der Waals surface area contributed by atoms with Crippen LogP contribution in [0.25, 0.3) is 0 Å². The van der Waals surface area contributed by atoms with Crippen LogP contribution >= 0.6 is 11.8 Å². The molecule has 13 heavy (non-hydrogen) atoms. The summed E-state index contributed by atoms with van der Waals surface area (Å²) in [6.07, 6.45) is 0.498. The van der Waals surface area contributed by atoms with E-state index in [1.54, 1.807) is 11.8 Å². The van der Waals surface area contributed by atoms with E-state index in [1.165, 1.54) is 4.90 Å². The zero-order chi connectivity index (χ0) is 9.80. The Labute approximate surface area is 80.3 Å². The second-order valence-electron chi connectivity index (χ2n) is 3.92. The number of β-lactam (4-membered cyclic amide) rings is 1. The number of rotatable bonds is 1. The molecule has 0 aromatic carbocycles. The van der Waals surface area contributed by atoms with E-state index < -0.39 is 12.0 Å². The van der Waals surface area contributed by atoms with Gasteiger partial charge in [-0.1, -0.05) is 0 Å². The van der Waals surface area contributed by atoms with Crippen LogP contribution < -0.4 is 0 Å². The molecule has 2 aliphatic heterocycles. The molecule has 2 saturated heterocycles. The summed E-state index contributed by atoms with van der Waals surface area (Å²) < 4.78 is -0.358. The third kappa shape index (κ3) is 1.06. The molecule has 1 amide bonds. The van der Waals surface area contributed by atoms with Crippen molar-refractivity contribution in [3.8, 4) is 0 Å². The number of carbonyl (C=O) groups is 2. The summed E-state index contributed by atoms with van der Waals surface area (Å²) in [5, 5.41) is 9.08. The molecule has 0 aliphatic carbocycles. The number of hydrogen-bond donors (Lipinski definition) is 1. The Balaban J connectivity index is 2.30. The molecule has 5 heteroatoms. The molecule has 0 bridgehead atoms. The number of amides is 1. The molecule has 2 heterocycles. The molecular weight excluding hydrogens is 190 g/mol. The average Bonchev–Trinajstić information content (AvgIpc) is 2.18. The Bertz CT molecular complexity index is 289. The molecule has 2 atom stereocenters. The van der Waals surface area contributed by atoms with Crippen LogP contribution in [0.1, 0.15) is 20.3 Å². The van der Waals surface area contributed by atoms with Crippen molar-refractivity contribution in [1.29, 1.82) is 0 Å². The largest absolute Gasteiger partial charge is 0.480 e. The summed E-state index contributed by atoms with van der Waals surface area (Å²) in [5.41, 5.74) is 0. The lowest BCUT2D eigenvalue weighted by molar-refractivity contribution is -0.157. The molecule has 4 nitrogen and oxygen atoms in total. The van der Waals surface area contributed by atoms with Gasteiger partial charge in [-0.3, -0.25) is 4.79 Å². The average molecular weight is 201 g/mol. The van der Waals surface area contributed by atoms with Crippen molar-refractivity contribution < 1.29 is 14.7 Å². The van der Waals surface area contributed by atoms with Crippen LogP contribution in [0.5, 0.6) is 0 Å². The van der Waals surface area contributed by atoms with Crippen LogP contribution in [-0.4, -0.2) is 38.0 Å². The quantitative estimate of drug-likeness (QED) is 0.628. The van der Waals surface area contributed by atoms with E-state index in [2.05, 4.69) is 0 Å². The maximum Gasteiger partial charge on any atom is 0.327 e. The molecule has 2 fully saturated rings. The summed E-state index contributed by atoms with van der Waals surface area (Å²) in [5.74, 6) is -0.927. The van der Waals surface area contributed by atoms with E-state index in [0.717, 1.165) is 0 Å². The highest BCUT2D eigenvalue weighted by Gasteiger charge is 2.58. The minimum atomic E-state index is -0.895. The number of hydrogen-bond acceptors (Lipinski definition) is 3. The minimum Gasteiger partial charge on any atom is -0.480 e. The van der Waals surface area contributed by atoms with Gasteiger partial charge in [-0.25, -0.2) is 4.79 Å². The van der Waals surface area contributed by atoms with Crippen molar-refractivity contribution >= 4 is 23.6 Å². The number of thioether (sulfide) groups is 1. The van der Waals surface area contributed by atoms with E-state index in [1.807, 2.05) is 13.8 Å². The maximum atomic E-state index is 11.2. The Morgan fingerprint density at radius 3 is 2.69 bits per heavy atom. The Morgan fingerprint density at radius 1 is 1.69 bits per heavy atom. The molecule has 1 N–H and O–H groups in total. The topological polar surface area (TPSA) is 57.6 Å². The second kappa shape index (κ2) is 2.41. The minimum absolute atomic E-state index is 0.0320. The Hall–Kier alpha value is -0.710. The summed E-state index contributed by atoms with van der Waals surface area (Å²) in [6.45, 7) is 3.75. The fraction of sp³-hybridized carbons (Fsp3) is 0.750. The fourth-order valence-electron chi connectivity index (χ4n) is 1.98. The molecule has 0 saturated carbocycles. The first-order valence-corrected chi connectivity index (χ1v) is 5.03. The summed E-state index contributed by atoms with van der Waals surface area (Å²) in [7, 11) is 0. The number of carboxylic acids is 1. The molecule has 2 rings (SSSR count). The molecule has 2 unspecified atom stereocenters. The number of fused-ring (bicyclic) bond motifs is 1. The summed E-state index contributed by atoms with van der Waals surface area (Å²) in [4.78, 5) is 23.6. The molecule has 0 aromatic rings. The lowest BCUT2D eigenvalue weighted by Crippen LogP contribution is -2.56. The van der Waals surface area contributed by atoms with Gasteiger partial charge in [0, 0.05) is 4.75 Å². The first-order chi connectivity index (χ1) is 5.93. The molecule has 0 aromatic heterocycles. The maximum absolute atomic E-state index is 11.2. The molecular formula is C8H11NO3S. The van der Waals surface area contributed by atoms with Crippen molar-refractivity contribution in [3.05, 3.63) is 0 Å². The van der Waals surface area contributed by atoms with Crippen molar-refractivity contribution in [2.24, 2.45) is 0 Å². The Kier molecular flexibility index (Phi) is 1.64. The fourth-order valence-corrected chi connectivity index (χ4v) is 3.60. The van der Waals surface area contributed by atoms with Crippen molar-refractivity contribution in [2.45, 2.75) is 36.4 Å². The smallest absolute Gasteiger partial charge is 0.327 e. The van der Waals surface area contributed by atoms with Crippen LogP contribution in [0, 0.1) is 0 Å². The first kappa shape index (κ1) is 8.87. The third-order valence-electron chi connectivity index (χ3n) is 2.56. The molecule has 72 valence electrons. The predicted molar refractivity (Wildman–Crippen MR) is 48.3 cm³/mol. The zero-order valence-electron chi connectivity index (χ0n) is 7.48. The first-order valence-electron chi connectivity index (χ1n) is 4.15. The second-order valence-corrected chi connectivity index (χ2v) is 5.75. The highest BCUT2D eigenvalue weighted by atomic mass is 32.2. The molecule has 0 radical (unpaired) electrons. The summed E-state index contributed by atoms with van der Waals surface area (Å²) >= 11 is 1.58. The van der Waals surface area contributed by atoms with Crippen LogP contribution in [0.4, 0.5) is 0 Å². The number of carbonyl (C=O) groups excluding carboxylic acids is 1. The SMILES string of the molecule is CC1(C)SC2CC(=O)N2C1C(=O)O. The van der Waals surface area contributed by atoms with E-state index in [0.29, 0.717) is 6.42 Å². The van der Waals surface area contributed by atoms with E-state index in [-0.39, 0.29) is 16.0 Å². The van der Waals surface area contributed by atoms with Gasteiger partial charge in [0.25, 0.3) is 0 Å². The lowest BCUT2D eigenvalue weighted by Gasteiger charge is -2.36. The van der Waals surface area contributed by atoms with Crippen LogP contribution in [0.15, 0.2) is 0 Å². The van der Waals surface area contributed by atoms with Gasteiger partial charge in [0.1, 0.15) is 6.04 Å². The number of nitrogens with zero attached hydrogens (tertiary/aromatic N) is 1. The van der Waals surface area contributed by atoms with Crippen molar-refractivity contribution in [3.63, 3.8) is 0 Å². The zero-order valence-corrected chi connectivity index (χ0v) is 8.30. The predicted octanol–water partition coefficient (Wildman–Crippen LogP) is 0.523. The van der Waals surface area contributed by atoms with Gasteiger partial charge in [0.15, 0.2) is 0 Å². The van der Waals surface area contributed by atoms with Gasteiger partial charge in [0.05, 0.1) is 11.8 Å². The standard InChI is InChI=1S/C8H11NO3S/c1-8(2)6(7(11)12)9-4(10)3-5(9)13-8/h5-6H,3H2,1-2H3,(H,11,12). The van der Waals surface area contributed by atoms with Crippen LogP contribution in [0.2, 0.25) is 0 Å². The lowest BCUT2D eigenvalue weighted by atomic mass is 9.98. The molecule has 0 spiro atoms. The van der Waals surface area contributed by atoms with E-state index in [9.17, 15) is 9.59 Å². The van der Waals surface area contributed by atoms with E-state index in [4.69, 9.17) is 5.11 Å². The molecule has 2 aliphatic rings. The highest BCUT2D eigenvalue weighted by molar-refractivity contribution is 8.01. The Morgan fingerprint density at radius 2 is 2.31 bits per heavy atom. The van der Waals surface area contributed by atoms with Gasteiger partial charge in [-0.2, -0.15) is 0 Å². The van der Waals surface area contributed by atoms with Crippen molar-refractivity contribution in [1.82, 2.24) is 4.90 Å². The van der Waals surface area contributed by atoms with Gasteiger partial charge in [-0.05, 0) is 13.8 Å². The normalized spacial score (nSPS) is 35.5. The van der Waals surface area contributed by atoms with Gasteiger partial charge in [-0.15, -0.1) is 11.8 Å². The van der Waals surface area contributed by atoms with Gasteiger partial charge < -0.3 is 10.0 Å². The highest BCUT2D eigenvalue weighted by Crippen LogP contribution is 2.50. The number of carboxylic acid groups (broad SMARTS) is 1. The van der Waals surface area contributed by atoms with E-state index >= 15 is 0 Å². The monoisotopic (exact) mass is 201 g/mol. The van der Waals surface area contributed by atoms with Crippen molar-refractivity contribution in [2.75, 3.05) is 0 Å². The summed E-state index contributed by atoms with van der Waals surface area (Å²) in [6, 6.07) is -0.649.